The molecule has 1 aromatic heterocycles. The molecule has 1 saturated heterocycles. The quantitative estimate of drug-likeness (QED) is 0.844. The summed E-state index contributed by atoms with van der Waals surface area (Å²) in [6.45, 7) is 2.00. The first kappa shape index (κ1) is 12.2. The molecule has 1 aliphatic heterocycles. The Morgan fingerprint density at radius 1 is 1.24 bits per heavy atom. The molecule has 0 bridgehead atoms. The van der Waals surface area contributed by atoms with Gasteiger partial charge in [-0.05, 0) is 0 Å². The van der Waals surface area contributed by atoms with Crippen molar-refractivity contribution in [3.8, 4) is 0 Å². The molecule has 1 aromatic rings. The molecule has 17 heavy (non-hydrogen) atoms. The molecule has 6 nitrogen and oxygen atoms in total. The molecule has 8 heteroatoms. The van der Waals surface area contributed by atoms with Crippen molar-refractivity contribution in [2.24, 2.45) is 0 Å². The second-order valence-electron chi connectivity index (χ2n) is 3.60. The predicted molar refractivity (Wildman–Crippen MR) is 63.9 cm³/mol. The average molecular weight is 277 g/mol. The van der Waals surface area contributed by atoms with Crippen LogP contribution >= 0.6 is 23.2 Å². The van der Waals surface area contributed by atoms with Gasteiger partial charge in [0, 0.05) is 32.2 Å². The SMILES string of the molecule is O=C(O)N1CCN(c2cc(Cl)nnc2Cl)CC1. The van der Waals surface area contributed by atoms with Crippen molar-refractivity contribution >= 4 is 35.0 Å². The maximum Gasteiger partial charge on any atom is 0.407 e. The predicted octanol–water partition coefficient (Wildman–Crippen LogP) is 1.58. The number of rotatable bonds is 1. The molecule has 0 aromatic carbocycles. The molecule has 0 saturated carbocycles. The zero-order valence-electron chi connectivity index (χ0n) is 8.81. The van der Waals surface area contributed by atoms with Crippen molar-refractivity contribution < 1.29 is 9.90 Å². The highest BCUT2D eigenvalue weighted by atomic mass is 35.5. The first-order valence-corrected chi connectivity index (χ1v) is 5.75. The molecule has 0 atom stereocenters. The van der Waals surface area contributed by atoms with Crippen molar-refractivity contribution in [2.45, 2.75) is 0 Å². The third-order valence-electron chi connectivity index (χ3n) is 2.59. The van der Waals surface area contributed by atoms with Crippen LogP contribution in [0.15, 0.2) is 6.07 Å². The number of anilines is 1. The fraction of sp³-hybridized carbons (Fsp3) is 0.444. The number of hydrogen-bond donors (Lipinski definition) is 1. The number of nitrogens with zero attached hydrogens (tertiary/aromatic N) is 4. The van der Waals surface area contributed by atoms with Gasteiger partial charge in [-0.25, -0.2) is 4.79 Å². The lowest BCUT2D eigenvalue weighted by Gasteiger charge is -2.34. The number of aromatic nitrogens is 2. The van der Waals surface area contributed by atoms with Gasteiger partial charge in [0.25, 0.3) is 0 Å². The molecule has 0 unspecified atom stereocenters. The van der Waals surface area contributed by atoms with Crippen LogP contribution in [0.1, 0.15) is 0 Å². The van der Waals surface area contributed by atoms with E-state index in [0.717, 1.165) is 0 Å². The van der Waals surface area contributed by atoms with Gasteiger partial charge in [0.2, 0.25) is 0 Å². The largest absolute Gasteiger partial charge is 0.465 e. The third-order valence-corrected chi connectivity index (χ3v) is 3.05. The van der Waals surface area contributed by atoms with Crippen molar-refractivity contribution in [1.82, 2.24) is 15.1 Å². The molecule has 1 fully saturated rings. The molecule has 1 aliphatic rings. The highest BCUT2D eigenvalue weighted by Crippen LogP contribution is 2.26. The Hall–Kier alpha value is -1.27. The van der Waals surface area contributed by atoms with E-state index in [0.29, 0.717) is 31.9 Å². The van der Waals surface area contributed by atoms with Crippen LogP contribution in [0.25, 0.3) is 0 Å². The summed E-state index contributed by atoms with van der Waals surface area (Å²) in [6.07, 6.45) is -0.901. The van der Waals surface area contributed by atoms with Crippen LogP contribution < -0.4 is 4.90 Å². The maximum atomic E-state index is 10.8. The van der Waals surface area contributed by atoms with E-state index in [1.807, 2.05) is 4.90 Å². The molecule has 92 valence electrons. The van der Waals surface area contributed by atoms with Crippen LogP contribution in [0, 0.1) is 0 Å². The summed E-state index contributed by atoms with van der Waals surface area (Å²) in [5.41, 5.74) is 0.691. The van der Waals surface area contributed by atoms with Gasteiger partial charge in [-0.3, -0.25) is 0 Å². The molecule has 0 spiro atoms. The second-order valence-corrected chi connectivity index (χ2v) is 4.35. The minimum absolute atomic E-state index is 0.269. The Morgan fingerprint density at radius 3 is 2.47 bits per heavy atom. The summed E-state index contributed by atoms with van der Waals surface area (Å²) in [6, 6.07) is 1.63. The standard InChI is InChI=1S/C9H10Cl2N4O2/c10-7-5-6(8(11)13-12-7)14-1-3-15(4-2-14)9(16)17/h5H,1-4H2,(H,16,17). The van der Waals surface area contributed by atoms with Crippen molar-refractivity contribution in [3.05, 3.63) is 16.4 Å². The van der Waals surface area contributed by atoms with Gasteiger partial charge in [-0.1, -0.05) is 23.2 Å². The number of halogens is 2. The Morgan fingerprint density at radius 2 is 1.88 bits per heavy atom. The molecule has 2 heterocycles. The number of hydrogen-bond acceptors (Lipinski definition) is 4. The van der Waals surface area contributed by atoms with Gasteiger partial charge in [0.05, 0.1) is 5.69 Å². The lowest BCUT2D eigenvalue weighted by Crippen LogP contribution is -2.48. The van der Waals surface area contributed by atoms with Crippen molar-refractivity contribution in [1.29, 1.82) is 0 Å². The average Bonchev–Trinajstić information content (AvgIpc) is 2.32. The zero-order chi connectivity index (χ0) is 12.4. The van der Waals surface area contributed by atoms with Gasteiger partial charge >= 0.3 is 6.09 Å². The van der Waals surface area contributed by atoms with Gasteiger partial charge < -0.3 is 14.9 Å². The van der Waals surface area contributed by atoms with Crippen molar-refractivity contribution in [2.75, 3.05) is 31.1 Å². The van der Waals surface area contributed by atoms with Crippen molar-refractivity contribution in [3.63, 3.8) is 0 Å². The Labute approximate surface area is 108 Å². The van der Waals surface area contributed by atoms with E-state index >= 15 is 0 Å². The maximum absolute atomic E-state index is 10.8. The van der Waals surface area contributed by atoms with E-state index in [9.17, 15) is 4.79 Å². The molecule has 1 N–H and O–H groups in total. The van der Waals surface area contributed by atoms with Crippen LogP contribution in [-0.2, 0) is 0 Å². The van der Waals surface area contributed by atoms with Gasteiger partial charge in [-0.2, -0.15) is 0 Å². The fourth-order valence-corrected chi connectivity index (χ4v) is 2.06. The lowest BCUT2D eigenvalue weighted by atomic mass is 10.3. The summed E-state index contributed by atoms with van der Waals surface area (Å²) in [4.78, 5) is 14.1. The topological polar surface area (TPSA) is 69.6 Å². The Bertz CT molecular complexity index is 435. The molecular weight excluding hydrogens is 267 g/mol. The van der Waals surface area contributed by atoms with Crippen LogP contribution in [0.5, 0.6) is 0 Å². The van der Waals surface area contributed by atoms with Crippen LogP contribution in [0.2, 0.25) is 10.3 Å². The van der Waals surface area contributed by atoms with E-state index in [1.54, 1.807) is 6.07 Å². The summed E-state index contributed by atoms with van der Waals surface area (Å²) in [5, 5.41) is 16.7. The van der Waals surface area contributed by atoms with E-state index in [4.69, 9.17) is 28.3 Å². The zero-order valence-corrected chi connectivity index (χ0v) is 10.3. The van der Waals surface area contributed by atoms with Crippen LogP contribution in [-0.4, -0.2) is 52.5 Å². The van der Waals surface area contributed by atoms with Crippen LogP contribution in [0.4, 0.5) is 10.5 Å². The number of carbonyl (C=O) groups is 1. The highest BCUT2D eigenvalue weighted by Gasteiger charge is 2.22. The lowest BCUT2D eigenvalue weighted by molar-refractivity contribution is 0.142. The molecular formula is C9H10Cl2N4O2. The summed E-state index contributed by atoms with van der Waals surface area (Å²) in [5.74, 6) is 0. The molecule has 0 radical (unpaired) electrons. The minimum Gasteiger partial charge on any atom is -0.465 e. The van der Waals surface area contributed by atoms with Crippen LogP contribution in [0.3, 0.4) is 0 Å². The number of carboxylic acid groups (broad SMARTS) is 1. The molecule has 2 rings (SSSR count). The summed E-state index contributed by atoms with van der Waals surface area (Å²) >= 11 is 11.7. The Kier molecular flexibility index (Phi) is 3.54. The number of piperazine rings is 1. The minimum atomic E-state index is -0.901. The highest BCUT2D eigenvalue weighted by molar-refractivity contribution is 6.33. The summed E-state index contributed by atoms with van der Waals surface area (Å²) in [7, 11) is 0. The van der Waals surface area contributed by atoms with E-state index in [2.05, 4.69) is 10.2 Å². The van der Waals surface area contributed by atoms with E-state index in [-0.39, 0.29) is 10.3 Å². The van der Waals surface area contributed by atoms with E-state index < -0.39 is 6.09 Å². The third kappa shape index (κ3) is 2.70. The number of amides is 1. The van der Waals surface area contributed by atoms with Gasteiger partial charge in [0.15, 0.2) is 10.3 Å². The second kappa shape index (κ2) is 4.93. The summed E-state index contributed by atoms with van der Waals surface area (Å²) < 4.78 is 0. The normalized spacial score (nSPS) is 16.1. The first-order valence-electron chi connectivity index (χ1n) is 4.99. The smallest absolute Gasteiger partial charge is 0.407 e. The fourth-order valence-electron chi connectivity index (χ4n) is 1.70. The van der Waals surface area contributed by atoms with Gasteiger partial charge in [-0.15, -0.1) is 10.2 Å². The van der Waals surface area contributed by atoms with Gasteiger partial charge in [0.1, 0.15) is 0 Å². The van der Waals surface area contributed by atoms with E-state index in [1.165, 1.54) is 4.90 Å². The Balaban J connectivity index is 2.10. The molecule has 1 amide bonds. The first-order chi connectivity index (χ1) is 8.08. The molecule has 0 aliphatic carbocycles. The monoisotopic (exact) mass is 276 g/mol.